The number of hydrogen-bond acceptors (Lipinski definition) is 2. The number of allylic oxidation sites excluding steroid dienone is 9. The molecule has 0 bridgehead atoms. The number of hydrogen-bond donors (Lipinski definition) is 2. The summed E-state index contributed by atoms with van der Waals surface area (Å²) in [6, 6.07) is 0. The van der Waals surface area contributed by atoms with E-state index in [1.807, 2.05) is 13.0 Å². The fraction of sp³-hybridized carbons (Fsp3) is 0.450. The van der Waals surface area contributed by atoms with Gasteiger partial charge in [-0.25, -0.2) is 4.79 Å². The number of aliphatic carboxylic acids is 1. The monoisotopic (exact) mass is 316 g/mol. The van der Waals surface area contributed by atoms with Gasteiger partial charge in [-0.05, 0) is 56.6 Å². The minimum Gasteiger partial charge on any atom is -0.502 e. The lowest BCUT2D eigenvalue weighted by molar-refractivity contribution is -0.135. The summed E-state index contributed by atoms with van der Waals surface area (Å²) in [7, 11) is 0. The van der Waals surface area contributed by atoms with Crippen LogP contribution in [0.25, 0.3) is 0 Å². The highest BCUT2D eigenvalue weighted by Crippen LogP contribution is 2.40. The summed E-state index contributed by atoms with van der Waals surface area (Å²) >= 11 is 0. The number of rotatable bonds is 5. The average molecular weight is 316 g/mol. The Kier molecular flexibility index (Phi) is 6.62. The minimum atomic E-state index is -1.31. The van der Waals surface area contributed by atoms with E-state index in [9.17, 15) is 9.90 Å². The molecule has 1 aliphatic rings. The average Bonchev–Trinajstić information content (AvgIpc) is 2.44. The molecule has 0 spiro atoms. The SMILES string of the molecule is CC1=C(/C=C/C(C)=C/C=C/C(C)=C(/O)C(=O)O)C(C)(C)CCC1. The molecule has 0 saturated heterocycles. The molecule has 0 radical (unpaired) electrons. The Morgan fingerprint density at radius 3 is 2.39 bits per heavy atom. The molecule has 0 unspecified atom stereocenters. The molecule has 0 fully saturated rings. The molecule has 0 aromatic carbocycles. The smallest absolute Gasteiger partial charge is 0.371 e. The van der Waals surface area contributed by atoms with Crippen LogP contribution in [0.4, 0.5) is 0 Å². The van der Waals surface area contributed by atoms with Gasteiger partial charge in [-0.1, -0.05) is 55.4 Å². The molecular formula is C20H28O3. The zero-order valence-electron chi connectivity index (χ0n) is 14.8. The molecule has 0 aromatic rings. The van der Waals surface area contributed by atoms with Crippen molar-refractivity contribution in [2.45, 2.75) is 53.9 Å². The standard InChI is InChI=1S/C20H28O3/c1-14(8-6-9-16(3)18(21)19(22)23)11-12-17-15(2)10-7-13-20(17,4)5/h6,8-9,11-12,21H,7,10,13H2,1-5H3,(H,22,23)/b9-6+,12-11+,14-8+,18-16+. The zero-order chi connectivity index (χ0) is 17.6. The second-order valence-corrected chi connectivity index (χ2v) is 6.87. The summed E-state index contributed by atoms with van der Waals surface area (Å²) in [4.78, 5) is 10.6. The predicted molar refractivity (Wildman–Crippen MR) is 95.3 cm³/mol. The Bertz CT molecular complexity index is 611. The molecular weight excluding hydrogens is 288 g/mol. The minimum absolute atomic E-state index is 0.224. The van der Waals surface area contributed by atoms with Crippen LogP contribution in [0.3, 0.4) is 0 Å². The van der Waals surface area contributed by atoms with Crippen molar-refractivity contribution in [1.82, 2.24) is 0 Å². The lowest BCUT2D eigenvalue weighted by Gasteiger charge is -2.32. The third-order valence-corrected chi connectivity index (χ3v) is 4.34. The van der Waals surface area contributed by atoms with E-state index in [-0.39, 0.29) is 5.41 Å². The number of carboxylic acids is 1. The van der Waals surface area contributed by atoms with Crippen LogP contribution < -0.4 is 0 Å². The van der Waals surface area contributed by atoms with E-state index in [1.54, 1.807) is 19.1 Å². The van der Waals surface area contributed by atoms with Gasteiger partial charge in [-0.2, -0.15) is 0 Å². The molecule has 1 rings (SSSR count). The fourth-order valence-corrected chi connectivity index (χ4v) is 2.87. The van der Waals surface area contributed by atoms with Crippen LogP contribution >= 0.6 is 0 Å². The molecule has 0 amide bonds. The van der Waals surface area contributed by atoms with E-state index in [4.69, 9.17) is 5.11 Å². The van der Waals surface area contributed by atoms with E-state index in [0.717, 1.165) is 5.57 Å². The van der Waals surface area contributed by atoms with E-state index in [2.05, 4.69) is 32.9 Å². The van der Waals surface area contributed by atoms with Gasteiger partial charge in [0, 0.05) is 0 Å². The molecule has 0 aliphatic heterocycles. The molecule has 2 N–H and O–H groups in total. The van der Waals surface area contributed by atoms with Gasteiger partial charge in [0.25, 0.3) is 0 Å². The third-order valence-electron chi connectivity index (χ3n) is 4.34. The molecule has 0 atom stereocenters. The first-order chi connectivity index (χ1) is 10.6. The first kappa shape index (κ1) is 19.0. The number of carboxylic acid groups (broad SMARTS) is 1. The van der Waals surface area contributed by atoms with E-state index < -0.39 is 11.7 Å². The normalized spacial score (nSPS) is 20.3. The lowest BCUT2D eigenvalue weighted by Crippen LogP contribution is -2.19. The lowest BCUT2D eigenvalue weighted by atomic mass is 9.72. The topological polar surface area (TPSA) is 57.5 Å². The molecule has 126 valence electrons. The highest BCUT2D eigenvalue weighted by molar-refractivity contribution is 5.85. The van der Waals surface area contributed by atoms with Gasteiger partial charge in [0.1, 0.15) is 0 Å². The van der Waals surface area contributed by atoms with Gasteiger partial charge < -0.3 is 10.2 Å². The van der Waals surface area contributed by atoms with Crippen LogP contribution in [0.2, 0.25) is 0 Å². The highest BCUT2D eigenvalue weighted by Gasteiger charge is 2.26. The predicted octanol–water partition coefficient (Wildman–Crippen LogP) is 5.49. The van der Waals surface area contributed by atoms with Crippen molar-refractivity contribution in [3.63, 3.8) is 0 Å². The first-order valence-electron chi connectivity index (χ1n) is 8.01. The summed E-state index contributed by atoms with van der Waals surface area (Å²) < 4.78 is 0. The largest absolute Gasteiger partial charge is 0.502 e. The van der Waals surface area contributed by atoms with Crippen molar-refractivity contribution in [2.75, 3.05) is 0 Å². The van der Waals surface area contributed by atoms with Crippen LogP contribution in [-0.2, 0) is 4.79 Å². The maximum Gasteiger partial charge on any atom is 0.371 e. The molecule has 3 heteroatoms. The molecule has 23 heavy (non-hydrogen) atoms. The Morgan fingerprint density at radius 1 is 1.17 bits per heavy atom. The van der Waals surface area contributed by atoms with Crippen LogP contribution in [0.5, 0.6) is 0 Å². The maximum atomic E-state index is 10.6. The van der Waals surface area contributed by atoms with Gasteiger partial charge in [0.2, 0.25) is 5.76 Å². The van der Waals surface area contributed by atoms with E-state index in [0.29, 0.717) is 5.57 Å². The van der Waals surface area contributed by atoms with Crippen molar-refractivity contribution >= 4 is 5.97 Å². The quantitative estimate of drug-likeness (QED) is 0.400. The number of aliphatic hydroxyl groups excluding tert-OH is 1. The maximum absolute atomic E-state index is 10.6. The van der Waals surface area contributed by atoms with Crippen molar-refractivity contribution in [1.29, 1.82) is 0 Å². The number of aliphatic hydroxyl groups is 1. The zero-order valence-corrected chi connectivity index (χ0v) is 14.8. The van der Waals surface area contributed by atoms with Crippen molar-refractivity contribution in [2.24, 2.45) is 5.41 Å². The second kappa shape index (κ2) is 8.00. The van der Waals surface area contributed by atoms with Gasteiger partial charge in [0.15, 0.2) is 0 Å². The van der Waals surface area contributed by atoms with Crippen LogP contribution in [-0.4, -0.2) is 16.2 Å². The molecule has 3 nitrogen and oxygen atoms in total. The van der Waals surface area contributed by atoms with Crippen molar-refractivity contribution < 1.29 is 15.0 Å². The van der Waals surface area contributed by atoms with Crippen LogP contribution in [0, 0.1) is 5.41 Å². The molecule has 1 aliphatic carbocycles. The Balaban J connectivity index is 2.85. The Morgan fingerprint density at radius 2 is 1.83 bits per heavy atom. The van der Waals surface area contributed by atoms with Crippen molar-refractivity contribution in [3.05, 3.63) is 58.4 Å². The van der Waals surface area contributed by atoms with Gasteiger partial charge >= 0.3 is 5.97 Å². The fourth-order valence-electron chi connectivity index (χ4n) is 2.87. The summed E-state index contributed by atoms with van der Waals surface area (Å²) in [5.41, 5.74) is 4.51. The Hall–Kier alpha value is -2.03. The molecule has 0 aromatic heterocycles. The summed E-state index contributed by atoms with van der Waals surface area (Å²) in [6.45, 7) is 10.4. The van der Waals surface area contributed by atoms with Gasteiger partial charge in [-0.15, -0.1) is 0 Å². The van der Waals surface area contributed by atoms with Crippen LogP contribution in [0.15, 0.2) is 58.4 Å². The van der Waals surface area contributed by atoms with Crippen molar-refractivity contribution in [3.8, 4) is 0 Å². The number of carbonyl (C=O) groups is 1. The summed E-state index contributed by atoms with van der Waals surface area (Å²) in [5, 5.41) is 18.0. The molecule has 0 heterocycles. The van der Waals surface area contributed by atoms with Gasteiger partial charge in [-0.3, -0.25) is 0 Å². The summed E-state index contributed by atoms with van der Waals surface area (Å²) in [5.74, 6) is -1.93. The highest BCUT2D eigenvalue weighted by atomic mass is 16.4. The second-order valence-electron chi connectivity index (χ2n) is 6.87. The summed E-state index contributed by atoms with van der Waals surface area (Å²) in [6.07, 6.45) is 13.2. The van der Waals surface area contributed by atoms with Crippen LogP contribution in [0.1, 0.15) is 53.9 Å². The Labute approximate surface area is 139 Å². The van der Waals surface area contributed by atoms with E-state index >= 15 is 0 Å². The van der Waals surface area contributed by atoms with Gasteiger partial charge in [0.05, 0.1) is 0 Å². The first-order valence-corrected chi connectivity index (χ1v) is 8.01. The third kappa shape index (κ3) is 5.59. The van der Waals surface area contributed by atoms with E-state index in [1.165, 1.54) is 30.4 Å². The molecule has 0 saturated carbocycles.